The first-order valence-corrected chi connectivity index (χ1v) is 9.64. The number of oxime groups is 1. The molecule has 148 valence electrons. The number of nitrogens with zero attached hydrogens (tertiary/aromatic N) is 3. The summed E-state index contributed by atoms with van der Waals surface area (Å²) in [5.74, 6) is -0.0962. The van der Waals surface area contributed by atoms with Crippen molar-refractivity contribution in [1.29, 1.82) is 0 Å². The number of carbonyl (C=O) groups excluding carboxylic acids is 1. The maximum absolute atomic E-state index is 11.6. The zero-order valence-corrected chi connectivity index (χ0v) is 17.3. The summed E-state index contributed by atoms with van der Waals surface area (Å²) in [4.78, 5) is 15.7. The van der Waals surface area contributed by atoms with Gasteiger partial charge < -0.3 is 19.7 Å². The molecule has 2 aromatic carbocycles. The number of anilines is 1. The van der Waals surface area contributed by atoms with E-state index in [-0.39, 0.29) is 0 Å². The van der Waals surface area contributed by atoms with Gasteiger partial charge in [0.2, 0.25) is 0 Å². The number of halogens is 3. The summed E-state index contributed by atoms with van der Waals surface area (Å²) in [6.07, 6.45) is 0. The molecule has 1 fully saturated rings. The molecular formula is C19H18Cl3N3O3. The summed E-state index contributed by atoms with van der Waals surface area (Å²) in [7, 11) is 1.33. The average Bonchev–Trinajstić information content (AvgIpc) is 2.70. The van der Waals surface area contributed by atoms with E-state index < -0.39 is 5.97 Å². The van der Waals surface area contributed by atoms with Crippen molar-refractivity contribution in [3.05, 3.63) is 62.6 Å². The lowest BCUT2D eigenvalue weighted by Crippen LogP contribution is -2.49. The third kappa shape index (κ3) is 4.14. The van der Waals surface area contributed by atoms with E-state index in [4.69, 9.17) is 39.5 Å². The summed E-state index contributed by atoms with van der Waals surface area (Å²) >= 11 is 18.9. The van der Waals surface area contributed by atoms with Crippen LogP contribution in [0.1, 0.15) is 15.9 Å². The summed E-state index contributed by atoms with van der Waals surface area (Å²) in [5.41, 5.74) is 1.73. The molecule has 0 aromatic heterocycles. The fraction of sp³-hybridized carbons (Fsp3) is 0.263. The van der Waals surface area contributed by atoms with Gasteiger partial charge in [0.25, 0.3) is 0 Å². The SMILES string of the molecule is COC(=O)c1ccc(N2CCN(C(=NO)c3c(Cl)cccc3Cl)CC2)c(Cl)c1. The lowest BCUT2D eigenvalue weighted by atomic mass is 10.1. The smallest absolute Gasteiger partial charge is 0.337 e. The molecule has 0 spiro atoms. The zero-order valence-electron chi connectivity index (χ0n) is 15.0. The van der Waals surface area contributed by atoms with Crippen LogP contribution in [-0.2, 0) is 4.74 Å². The summed E-state index contributed by atoms with van der Waals surface area (Å²) in [6.45, 7) is 2.43. The highest BCUT2D eigenvalue weighted by Crippen LogP contribution is 2.30. The number of rotatable bonds is 3. The van der Waals surface area contributed by atoms with E-state index in [2.05, 4.69) is 10.1 Å². The molecule has 9 heteroatoms. The summed E-state index contributed by atoms with van der Waals surface area (Å²) < 4.78 is 4.71. The molecule has 1 N–H and O–H groups in total. The Labute approximate surface area is 177 Å². The number of hydrogen-bond acceptors (Lipinski definition) is 5. The van der Waals surface area contributed by atoms with Crippen LogP contribution in [0.15, 0.2) is 41.6 Å². The quantitative estimate of drug-likeness (QED) is 0.251. The van der Waals surface area contributed by atoms with Gasteiger partial charge in [-0.05, 0) is 30.3 Å². The van der Waals surface area contributed by atoms with Crippen molar-refractivity contribution < 1.29 is 14.7 Å². The standard InChI is InChI=1S/C19H18Cl3N3O3/c1-28-19(26)12-5-6-16(15(22)11-12)24-7-9-25(10-8-24)18(23-27)17-13(20)3-2-4-14(17)21/h2-6,11,27H,7-10H2,1H3. The van der Waals surface area contributed by atoms with Crippen LogP contribution in [0.3, 0.4) is 0 Å². The van der Waals surface area contributed by atoms with Gasteiger partial charge in [0.05, 0.1) is 39.0 Å². The van der Waals surface area contributed by atoms with E-state index >= 15 is 0 Å². The molecule has 0 bridgehead atoms. The normalized spacial score (nSPS) is 14.9. The van der Waals surface area contributed by atoms with Crippen molar-refractivity contribution in [2.45, 2.75) is 0 Å². The van der Waals surface area contributed by atoms with Crippen LogP contribution in [0, 0.1) is 0 Å². The summed E-state index contributed by atoms with van der Waals surface area (Å²) in [6, 6.07) is 10.2. The molecule has 1 aliphatic heterocycles. The molecule has 1 saturated heterocycles. The molecule has 0 unspecified atom stereocenters. The van der Waals surface area contributed by atoms with Gasteiger partial charge in [-0.15, -0.1) is 0 Å². The van der Waals surface area contributed by atoms with E-state index in [1.54, 1.807) is 36.4 Å². The molecule has 0 amide bonds. The third-order valence-corrected chi connectivity index (χ3v) is 5.50. The first-order valence-electron chi connectivity index (χ1n) is 8.50. The van der Waals surface area contributed by atoms with Gasteiger partial charge in [-0.1, -0.05) is 46.0 Å². The monoisotopic (exact) mass is 441 g/mol. The molecule has 2 aromatic rings. The van der Waals surface area contributed by atoms with Gasteiger partial charge in [-0.3, -0.25) is 0 Å². The second-order valence-electron chi connectivity index (χ2n) is 6.15. The Bertz CT molecular complexity index is 892. The fourth-order valence-corrected chi connectivity index (χ4v) is 4.02. The lowest BCUT2D eigenvalue weighted by Gasteiger charge is -2.37. The van der Waals surface area contributed by atoms with Crippen LogP contribution in [0.25, 0.3) is 0 Å². The first-order chi connectivity index (χ1) is 13.5. The van der Waals surface area contributed by atoms with Crippen LogP contribution in [0.4, 0.5) is 5.69 Å². The minimum atomic E-state index is -0.432. The maximum atomic E-state index is 11.6. The van der Waals surface area contributed by atoms with Crippen molar-refractivity contribution in [1.82, 2.24) is 4.90 Å². The molecule has 1 aliphatic rings. The molecule has 3 rings (SSSR count). The number of carbonyl (C=O) groups is 1. The van der Waals surface area contributed by atoms with Crippen molar-refractivity contribution in [2.75, 3.05) is 38.2 Å². The third-order valence-electron chi connectivity index (χ3n) is 4.57. The maximum Gasteiger partial charge on any atom is 0.337 e. The molecule has 6 nitrogen and oxygen atoms in total. The predicted molar refractivity (Wildman–Crippen MR) is 111 cm³/mol. The van der Waals surface area contributed by atoms with E-state index in [1.807, 2.05) is 4.90 Å². The molecular weight excluding hydrogens is 425 g/mol. The van der Waals surface area contributed by atoms with E-state index in [0.29, 0.717) is 58.2 Å². The Morgan fingerprint density at radius 2 is 1.68 bits per heavy atom. The van der Waals surface area contributed by atoms with Gasteiger partial charge in [0, 0.05) is 26.2 Å². The Kier molecular flexibility index (Phi) is 6.54. The molecule has 0 saturated carbocycles. The number of ether oxygens (including phenoxy) is 1. The Hall–Kier alpha value is -2.15. The highest BCUT2D eigenvalue weighted by Gasteiger charge is 2.25. The Balaban J connectivity index is 1.75. The number of amidine groups is 1. The number of esters is 1. The fourth-order valence-electron chi connectivity index (χ4n) is 3.15. The van der Waals surface area contributed by atoms with Gasteiger partial charge >= 0.3 is 5.97 Å². The zero-order chi connectivity index (χ0) is 20.3. The van der Waals surface area contributed by atoms with Gasteiger partial charge in [-0.25, -0.2) is 4.79 Å². The highest BCUT2D eigenvalue weighted by atomic mass is 35.5. The van der Waals surface area contributed by atoms with Crippen LogP contribution in [0.5, 0.6) is 0 Å². The van der Waals surface area contributed by atoms with Crippen LogP contribution >= 0.6 is 34.8 Å². The van der Waals surface area contributed by atoms with E-state index in [1.165, 1.54) is 7.11 Å². The van der Waals surface area contributed by atoms with Crippen molar-refractivity contribution in [3.8, 4) is 0 Å². The topological polar surface area (TPSA) is 65.4 Å². The number of hydrogen-bond donors (Lipinski definition) is 1. The largest absolute Gasteiger partial charge is 0.465 e. The molecule has 28 heavy (non-hydrogen) atoms. The highest BCUT2D eigenvalue weighted by molar-refractivity contribution is 6.40. The molecule has 0 aliphatic carbocycles. The Morgan fingerprint density at radius 3 is 2.21 bits per heavy atom. The minimum absolute atomic E-state index is 0.336. The van der Waals surface area contributed by atoms with Crippen molar-refractivity contribution in [2.24, 2.45) is 5.16 Å². The molecule has 1 heterocycles. The van der Waals surface area contributed by atoms with Gasteiger partial charge in [-0.2, -0.15) is 0 Å². The lowest BCUT2D eigenvalue weighted by molar-refractivity contribution is 0.0600. The number of methoxy groups -OCH3 is 1. The van der Waals surface area contributed by atoms with Crippen LogP contribution in [0.2, 0.25) is 15.1 Å². The van der Waals surface area contributed by atoms with Crippen LogP contribution in [-0.4, -0.2) is 55.2 Å². The van der Waals surface area contributed by atoms with Crippen molar-refractivity contribution in [3.63, 3.8) is 0 Å². The van der Waals surface area contributed by atoms with Gasteiger partial charge in [0.1, 0.15) is 0 Å². The second-order valence-corrected chi connectivity index (χ2v) is 7.37. The number of benzene rings is 2. The first kappa shape index (κ1) is 20.6. The number of piperazine rings is 1. The predicted octanol–water partition coefficient (Wildman–Crippen LogP) is 4.39. The summed E-state index contributed by atoms with van der Waals surface area (Å²) in [5, 5.41) is 14.3. The minimum Gasteiger partial charge on any atom is -0.465 e. The van der Waals surface area contributed by atoms with Crippen LogP contribution < -0.4 is 4.90 Å². The van der Waals surface area contributed by atoms with E-state index in [0.717, 1.165) is 5.69 Å². The van der Waals surface area contributed by atoms with Gasteiger partial charge in [0.15, 0.2) is 5.84 Å². The molecule has 0 atom stereocenters. The average molecular weight is 443 g/mol. The van der Waals surface area contributed by atoms with E-state index in [9.17, 15) is 10.0 Å². The van der Waals surface area contributed by atoms with Crippen molar-refractivity contribution >= 4 is 52.3 Å². The second kappa shape index (κ2) is 8.90. The molecule has 0 radical (unpaired) electrons. The Morgan fingerprint density at radius 1 is 1.04 bits per heavy atom.